The van der Waals surface area contributed by atoms with Gasteiger partial charge in [0, 0.05) is 71.0 Å². The fourth-order valence-corrected chi connectivity index (χ4v) is 9.82. The van der Waals surface area contributed by atoms with E-state index in [1.165, 1.54) is 68.3 Å². The van der Waals surface area contributed by atoms with Gasteiger partial charge in [-0.15, -0.1) is 22.7 Å². The Morgan fingerprint density at radius 3 is 1.52 bits per heavy atom. The van der Waals surface area contributed by atoms with E-state index >= 15 is 0 Å². The van der Waals surface area contributed by atoms with E-state index in [9.17, 15) is 0 Å². The van der Waals surface area contributed by atoms with E-state index in [4.69, 9.17) is 4.98 Å². The fourth-order valence-electron chi connectivity index (χ4n) is 7.34. The third-order valence-electron chi connectivity index (χ3n) is 9.65. The molecule has 0 atom stereocenters. The summed E-state index contributed by atoms with van der Waals surface area (Å²) in [6, 6.07) is 53.1. The third-order valence-corrected chi connectivity index (χ3v) is 12.1. The maximum Gasteiger partial charge on any atom is 0.157 e. The van der Waals surface area contributed by atoms with Gasteiger partial charge >= 0.3 is 0 Å². The zero-order valence-electron chi connectivity index (χ0n) is 26.0. The number of hydrogen-bond donors (Lipinski definition) is 0. The van der Waals surface area contributed by atoms with E-state index in [-0.39, 0.29) is 0 Å². The molecule has 3 nitrogen and oxygen atoms in total. The minimum atomic E-state index is 0.845. The topological polar surface area (TPSA) is 19.4 Å². The summed E-state index contributed by atoms with van der Waals surface area (Å²) in [7, 11) is 0. The van der Waals surface area contributed by atoms with Gasteiger partial charge in [-0.25, -0.2) is 4.98 Å². The summed E-state index contributed by atoms with van der Waals surface area (Å²) in [6.45, 7) is 1.71. The van der Waals surface area contributed by atoms with Crippen LogP contribution in [0.15, 0.2) is 152 Å². The average Bonchev–Trinajstić information content (AvgIpc) is 3.73. The Hall–Kier alpha value is -5.49. The Labute approximate surface area is 286 Å². The van der Waals surface area contributed by atoms with Gasteiger partial charge in [0.1, 0.15) is 0 Å². The van der Waals surface area contributed by atoms with E-state index in [0.717, 1.165) is 30.3 Å². The van der Waals surface area contributed by atoms with Crippen molar-refractivity contribution in [3.8, 4) is 22.3 Å². The highest BCUT2D eigenvalue weighted by Gasteiger charge is 2.26. The number of benzene rings is 6. The maximum absolute atomic E-state index is 4.91. The van der Waals surface area contributed by atoms with Crippen molar-refractivity contribution in [2.45, 2.75) is 0 Å². The van der Waals surface area contributed by atoms with Gasteiger partial charge in [-0.1, -0.05) is 97.1 Å². The molecular weight excluding hydrogens is 623 g/mol. The van der Waals surface area contributed by atoms with Gasteiger partial charge < -0.3 is 9.80 Å². The largest absolute Gasteiger partial charge is 0.337 e. The molecule has 3 aromatic heterocycles. The molecule has 0 N–H and O–H groups in total. The first-order chi connectivity index (χ1) is 23.8. The molecule has 0 amide bonds. The number of thiophene rings is 2. The Kier molecular flexibility index (Phi) is 6.36. The minimum Gasteiger partial charge on any atom is -0.337 e. The molecule has 5 heteroatoms. The van der Waals surface area contributed by atoms with Crippen molar-refractivity contribution in [2.24, 2.45) is 0 Å². The lowest BCUT2D eigenvalue weighted by molar-refractivity contribution is 0.833. The van der Waals surface area contributed by atoms with E-state index in [1.54, 1.807) is 0 Å². The molecule has 6 aromatic carbocycles. The van der Waals surface area contributed by atoms with Gasteiger partial charge in [-0.05, 0) is 70.8 Å². The van der Waals surface area contributed by atoms with E-state index in [2.05, 4.69) is 149 Å². The SMILES string of the molecule is c1cnc2c(c1)N(c1ccc(-c3cccc4c3sc3ccccc34)cc1)CCN2c1ccc(-c2cccc3c2sc2ccccc23)cc1. The third kappa shape index (κ3) is 4.35. The molecule has 228 valence electrons. The van der Waals surface area contributed by atoms with Gasteiger partial charge in [0.15, 0.2) is 5.82 Å². The number of nitrogens with zero attached hydrogens (tertiary/aromatic N) is 3. The van der Waals surface area contributed by atoms with Crippen LogP contribution >= 0.6 is 22.7 Å². The van der Waals surface area contributed by atoms with Crippen molar-refractivity contribution in [3.05, 3.63) is 152 Å². The summed E-state index contributed by atoms with van der Waals surface area (Å²) in [6.07, 6.45) is 1.90. The average molecular weight is 652 g/mol. The van der Waals surface area contributed by atoms with Gasteiger partial charge in [-0.3, -0.25) is 0 Å². The first-order valence-electron chi connectivity index (χ1n) is 16.3. The van der Waals surface area contributed by atoms with Crippen LogP contribution in [-0.4, -0.2) is 18.1 Å². The van der Waals surface area contributed by atoms with Crippen LogP contribution < -0.4 is 9.80 Å². The minimum absolute atomic E-state index is 0.845. The molecule has 10 rings (SSSR count). The van der Waals surface area contributed by atoms with Crippen LogP contribution in [0.3, 0.4) is 0 Å². The molecule has 0 saturated carbocycles. The lowest BCUT2D eigenvalue weighted by Crippen LogP contribution is -2.36. The second kappa shape index (κ2) is 11.1. The zero-order chi connectivity index (χ0) is 31.6. The molecule has 0 radical (unpaired) electrons. The van der Waals surface area contributed by atoms with Crippen molar-refractivity contribution >= 4 is 85.9 Å². The summed E-state index contributed by atoms with van der Waals surface area (Å²) < 4.78 is 5.36. The Balaban J connectivity index is 0.958. The summed E-state index contributed by atoms with van der Waals surface area (Å²) >= 11 is 3.76. The van der Waals surface area contributed by atoms with Crippen LogP contribution in [0.4, 0.5) is 22.9 Å². The van der Waals surface area contributed by atoms with Crippen LogP contribution in [0.25, 0.3) is 62.6 Å². The van der Waals surface area contributed by atoms with Crippen LogP contribution in [0.1, 0.15) is 0 Å². The molecule has 48 heavy (non-hydrogen) atoms. The monoisotopic (exact) mass is 651 g/mol. The van der Waals surface area contributed by atoms with Crippen molar-refractivity contribution in [2.75, 3.05) is 22.9 Å². The summed E-state index contributed by atoms with van der Waals surface area (Å²) in [5.74, 6) is 0.988. The second-order valence-corrected chi connectivity index (χ2v) is 14.4. The molecule has 0 aliphatic carbocycles. The number of pyridine rings is 1. The molecule has 1 aliphatic heterocycles. The predicted molar refractivity (Wildman–Crippen MR) is 208 cm³/mol. The molecular formula is C43H29N3S2. The van der Waals surface area contributed by atoms with Gasteiger partial charge in [0.2, 0.25) is 0 Å². The molecule has 0 fully saturated rings. The van der Waals surface area contributed by atoms with Gasteiger partial charge in [-0.2, -0.15) is 0 Å². The molecule has 0 spiro atoms. The van der Waals surface area contributed by atoms with E-state index < -0.39 is 0 Å². The van der Waals surface area contributed by atoms with Crippen LogP contribution in [0.2, 0.25) is 0 Å². The van der Waals surface area contributed by atoms with Crippen molar-refractivity contribution < 1.29 is 0 Å². The van der Waals surface area contributed by atoms with Gasteiger partial charge in [0.25, 0.3) is 0 Å². The second-order valence-electron chi connectivity index (χ2n) is 12.3. The highest BCUT2D eigenvalue weighted by Crippen LogP contribution is 2.44. The number of fused-ring (bicyclic) bond motifs is 7. The lowest BCUT2D eigenvalue weighted by Gasteiger charge is -2.38. The quantitative estimate of drug-likeness (QED) is 0.189. The number of anilines is 4. The predicted octanol–water partition coefficient (Wildman–Crippen LogP) is 12.4. The molecule has 4 heterocycles. The number of rotatable bonds is 4. The lowest BCUT2D eigenvalue weighted by atomic mass is 10.0. The first kappa shape index (κ1) is 27.6. The van der Waals surface area contributed by atoms with Crippen molar-refractivity contribution in [3.63, 3.8) is 0 Å². The summed E-state index contributed by atoms with van der Waals surface area (Å²) in [5.41, 5.74) is 8.53. The van der Waals surface area contributed by atoms with Crippen LogP contribution in [0.5, 0.6) is 0 Å². The first-order valence-corrected chi connectivity index (χ1v) is 17.9. The zero-order valence-corrected chi connectivity index (χ0v) is 27.6. The normalized spacial score (nSPS) is 13.2. The number of aromatic nitrogens is 1. The molecule has 9 aromatic rings. The summed E-state index contributed by atoms with van der Waals surface area (Å²) in [4.78, 5) is 9.66. The molecule has 1 aliphatic rings. The highest BCUT2D eigenvalue weighted by atomic mass is 32.1. The van der Waals surface area contributed by atoms with E-state index in [0.29, 0.717) is 0 Å². The van der Waals surface area contributed by atoms with Gasteiger partial charge in [0.05, 0.1) is 5.69 Å². The fraction of sp³-hybridized carbons (Fsp3) is 0.0465. The van der Waals surface area contributed by atoms with Crippen LogP contribution in [0, 0.1) is 0 Å². The standard InChI is InChI=1S/C43H29N3S2/c1-3-15-39-34(8-1)36-12-5-10-32(41(36)47-39)28-17-21-30(22-18-28)45-26-27-46(43-38(45)14-7-25-44-43)31-23-19-29(20-24-31)33-11-6-13-37-35-9-2-4-16-40(35)48-42(33)37/h1-25H,26-27H2. The Morgan fingerprint density at radius 2 is 0.938 bits per heavy atom. The maximum atomic E-state index is 4.91. The summed E-state index contributed by atoms with van der Waals surface area (Å²) in [5, 5.41) is 5.33. The van der Waals surface area contributed by atoms with E-state index in [1.807, 2.05) is 34.9 Å². The molecule has 0 saturated heterocycles. The smallest absolute Gasteiger partial charge is 0.157 e. The van der Waals surface area contributed by atoms with Crippen molar-refractivity contribution in [1.29, 1.82) is 0 Å². The molecule has 0 bridgehead atoms. The Bertz CT molecular complexity index is 2450. The molecule has 0 unspecified atom stereocenters. The highest BCUT2D eigenvalue weighted by molar-refractivity contribution is 7.26. The van der Waals surface area contributed by atoms with Crippen molar-refractivity contribution in [1.82, 2.24) is 4.98 Å². The van der Waals surface area contributed by atoms with Crippen LogP contribution in [-0.2, 0) is 0 Å². The number of hydrogen-bond acceptors (Lipinski definition) is 5. The Morgan fingerprint density at radius 1 is 0.438 bits per heavy atom.